The lowest BCUT2D eigenvalue weighted by atomic mass is 10.3. The number of aromatic nitrogens is 1. The van der Waals surface area contributed by atoms with Gasteiger partial charge in [-0.25, -0.2) is 4.79 Å². The van der Waals surface area contributed by atoms with Crippen LogP contribution in [0.15, 0.2) is 27.4 Å². The molecule has 2 rings (SSSR count). The van der Waals surface area contributed by atoms with Gasteiger partial charge in [0.2, 0.25) is 0 Å². The minimum Gasteiger partial charge on any atom is -0.497 e. The highest BCUT2D eigenvalue weighted by atomic mass is 79.9. The van der Waals surface area contributed by atoms with E-state index in [0.29, 0.717) is 17.9 Å². The number of ether oxygens (including phenoxy) is 1. The van der Waals surface area contributed by atoms with E-state index >= 15 is 0 Å². The van der Waals surface area contributed by atoms with E-state index in [2.05, 4.69) is 15.9 Å². The second-order valence-corrected chi connectivity index (χ2v) is 4.19. The van der Waals surface area contributed by atoms with E-state index in [9.17, 15) is 4.79 Å². The van der Waals surface area contributed by atoms with Crippen LogP contribution in [0.4, 0.5) is 0 Å². The monoisotopic (exact) mass is 285 g/mol. The Bertz CT molecular complexity index is 544. The molecule has 0 aliphatic carbocycles. The molecule has 5 heteroatoms. The van der Waals surface area contributed by atoms with Crippen LogP contribution in [0.25, 0.3) is 11.1 Å². The Labute approximate surface area is 101 Å². The van der Waals surface area contributed by atoms with Crippen LogP contribution in [0.1, 0.15) is 6.42 Å². The van der Waals surface area contributed by atoms with E-state index in [4.69, 9.17) is 9.15 Å². The van der Waals surface area contributed by atoms with Crippen LogP contribution in [0.2, 0.25) is 0 Å². The Morgan fingerprint density at radius 3 is 3.00 bits per heavy atom. The smallest absolute Gasteiger partial charge is 0.419 e. The highest BCUT2D eigenvalue weighted by molar-refractivity contribution is 9.09. The van der Waals surface area contributed by atoms with Crippen molar-refractivity contribution in [2.45, 2.75) is 13.0 Å². The molecule has 0 atom stereocenters. The third-order valence-electron chi connectivity index (χ3n) is 2.39. The number of fused-ring (bicyclic) bond motifs is 1. The van der Waals surface area contributed by atoms with E-state index < -0.39 is 0 Å². The van der Waals surface area contributed by atoms with Crippen LogP contribution in [0.5, 0.6) is 5.75 Å². The van der Waals surface area contributed by atoms with Gasteiger partial charge in [0.25, 0.3) is 0 Å². The zero-order valence-corrected chi connectivity index (χ0v) is 10.5. The molecule has 0 aliphatic rings. The Balaban J connectivity index is 2.49. The number of alkyl halides is 1. The quantitative estimate of drug-likeness (QED) is 0.811. The van der Waals surface area contributed by atoms with Crippen molar-refractivity contribution in [3.8, 4) is 5.75 Å². The topological polar surface area (TPSA) is 44.4 Å². The summed E-state index contributed by atoms with van der Waals surface area (Å²) < 4.78 is 11.9. The Hall–Kier alpha value is -1.23. The number of benzene rings is 1. The van der Waals surface area contributed by atoms with Gasteiger partial charge in [-0.1, -0.05) is 15.9 Å². The Morgan fingerprint density at radius 2 is 2.31 bits per heavy atom. The summed E-state index contributed by atoms with van der Waals surface area (Å²) in [6.45, 7) is 0.656. The second-order valence-electron chi connectivity index (χ2n) is 3.40. The van der Waals surface area contributed by atoms with E-state index in [-0.39, 0.29) is 5.76 Å². The molecule has 0 aliphatic heterocycles. The van der Waals surface area contributed by atoms with Gasteiger partial charge >= 0.3 is 5.76 Å². The summed E-state index contributed by atoms with van der Waals surface area (Å²) in [5.41, 5.74) is 1.38. The average molecular weight is 286 g/mol. The van der Waals surface area contributed by atoms with Gasteiger partial charge < -0.3 is 9.15 Å². The maximum absolute atomic E-state index is 11.6. The first-order valence-corrected chi connectivity index (χ1v) is 6.11. The van der Waals surface area contributed by atoms with Crippen LogP contribution >= 0.6 is 15.9 Å². The van der Waals surface area contributed by atoms with Crippen LogP contribution in [-0.4, -0.2) is 17.0 Å². The number of rotatable bonds is 4. The van der Waals surface area contributed by atoms with Crippen molar-refractivity contribution in [2.24, 2.45) is 0 Å². The predicted octanol–water partition coefficient (Wildman–Crippen LogP) is 2.39. The second kappa shape index (κ2) is 4.74. The minimum atomic E-state index is -0.316. The standard InChI is InChI=1S/C11H12BrNO3/c1-15-8-3-4-9-10(7-8)16-11(14)13(9)6-2-5-12/h3-4,7H,2,5-6H2,1H3. The molecule has 0 bridgehead atoms. The average Bonchev–Trinajstić information content (AvgIpc) is 2.61. The van der Waals surface area contributed by atoms with Crippen molar-refractivity contribution >= 4 is 27.0 Å². The van der Waals surface area contributed by atoms with E-state index in [0.717, 1.165) is 17.3 Å². The van der Waals surface area contributed by atoms with Crippen LogP contribution in [0, 0.1) is 0 Å². The van der Waals surface area contributed by atoms with Crippen molar-refractivity contribution in [1.82, 2.24) is 4.57 Å². The molecule has 0 fully saturated rings. The summed E-state index contributed by atoms with van der Waals surface area (Å²) in [5, 5.41) is 0.863. The van der Waals surface area contributed by atoms with Gasteiger partial charge in [-0.15, -0.1) is 0 Å². The third-order valence-corrected chi connectivity index (χ3v) is 2.95. The molecule has 0 saturated heterocycles. The van der Waals surface area contributed by atoms with E-state index in [1.54, 1.807) is 17.7 Å². The lowest BCUT2D eigenvalue weighted by molar-refractivity contribution is 0.414. The summed E-state index contributed by atoms with van der Waals surface area (Å²) in [4.78, 5) is 11.6. The summed E-state index contributed by atoms with van der Waals surface area (Å²) in [7, 11) is 1.58. The first-order valence-electron chi connectivity index (χ1n) is 4.99. The van der Waals surface area contributed by atoms with Gasteiger partial charge in [-0.2, -0.15) is 0 Å². The maximum Gasteiger partial charge on any atom is 0.419 e. The number of nitrogens with zero attached hydrogens (tertiary/aromatic N) is 1. The minimum absolute atomic E-state index is 0.316. The van der Waals surface area contributed by atoms with Gasteiger partial charge in [0.05, 0.1) is 12.6 Å². The van der Waals surface area contributed by atoms with Crippen LogP contribution < -0.4 is 10.5 Å². The lowest BCUT2D eigenvalue weighted by Crippen LogP contribution is -2.14. The van der Waals surface area contributed by atoms with E-state index in [1.807, 2.05) is 12.1 Å². The van der Waals surface area contributed by atoms with Crippen molar-refractivity contribution in [2.75, 3.05) is 12.4 Å². The fourth-order valence-corrected chi connectivity index (χ4v) is 1.85. The molecule has 0 amide bonds. The molecule has 1 heterocycles. The molecule has 86 valence electrons. The highest BCUT2D eigenvalue weighted by Gasteiger charge is 2.09. The molecule has 16 heavy (non-hydrogen) atoms. The predicted molar refractivity (Wildman–Crippen MR) is 65.4 cm³/mol. The van der Waals surface area contributed by atoms with Crippen molar-refractivity contribution < 1.29 is 9.15 Å². The molecule has 0 radical (unpaired) electrons. The molecule has 1 aromatic carbocycles. The van der Waals surface area contributed by atoms with Crippen molar-refractivity contribution in [1.29, 1.82) is 0 Å². The molecule has 0 N–H and O–H groups in total. The zero-order chi connectivity index (χ0) is 11.5. The van der Waals surface area contributed by atoms with Crippen molar-refractivity contribution in [3.63, 3.8) is 0 Å². The maximum atomic E-state index is 11.6. The fourth-order valence-electron chi connectivity index (χ4n) is 1.60. The number of methoxy groups -OCH3 is 1. The number of hydrogen-bond donors (Lipinski definition) is 0. The zero-order valence-electron chi connectivity index (χ0n) is 8.90. The van der Waals surface area contributed by atoms with Gasteiger partial charge in [-0.3, -0.25) is 4.57 Å². The molecular weight excluding hydrogens is 274 g/mol. The number of hydrogen-bond acceptors (Lipinski definition) is 3. The molecule has 1 aromatic heterocycles. The molecule has 0 saturated carbocycles. The van der Waals surface area contributed by atoms with Crippen LogP contribution in [-0.2, 0) is 6.54 Å². The summed E-state index contributed by atoms with van der Waals surface area (Å²) in [6.07, 6.45) is 0.889. The van der Waals surface area contributed by atoms with Crippen molar-refractivity contribution in [3.05, 3.63) is 28.7 Å². The molecule has 4 nitrogen and oxygen atoms in total. The summed E-state index contributed by atoms with van der Waals surface area (Å²) in [5.74, 6) is 0.373. The largest absolute Gasteiger partial charge is 0.497 e. The molecule has 0 unspecified atom stereocenters. The van der Waals surface area contributed by atoms with Gasteiger partial charge in [0.15, 0.2) is 5.58 Å². The Morgan fingerprint density at radius 1 is 1.50 bits per heavy atom. The number of oxazole rings is 1. The first-order chi connectivity index (χ1) is 7.76. The third kappa shape index (κ3) is 2.00. The van der Waals surface area contributed by atoms with Gasteiger partial charge in [0, 0.05) is 17.9 Å². The highest BCUT2D eigenvalue weighted by Crippen LogP contribution is 2.19. The summed E-state index contributed by atoms with van der Waals surface area (Å²) in [6, 6.07) is 5.39. The molecule has 0 spiro atoms. The number of halogens is 1. The summed E-state index contributed by atoms with van der Waals surface area (Å²) >= 11 is 3.34. The first kappa shape index (κ1) is 11.3. The Kier molecular flexibility index (Phi) is 3.33. The fraction of sp³-hybridized carbons (Fsp3) is 0.364. The van der Waals surface area contributed by atoms with E-state index in [1.165, 1.54) is 0 Å². The normalized spacial score (nSPS) is 10.9. The lowest BCUT2D eigenvalue weighted by Gasteiger charge is -2.00. The SMILES string of the molecule is COc1ccc2c(c1)oc(=O)n2CCCBr. The van der Waals surface area contributed by atoms with Gasteiger partial charge in [-0.05, 0) is 18.6 Å². The molecular formula is C11H12BrNO3. The van der Waals surface area contributed by atoms with Crippen LogP contribution in [0.3, 0.4) is 0 Å². The number of aryl methyl sites for hydroxylation is 1. The van der Waals surface area contributed by atoms with Gasteiger partial charge in [0.1, 0.15) is 5.75 Å². The molecule has 2 aromatic rings.